The molecule has 0 unspecified atom stereocenters. The zero-order valence-electron chi connectivity index (χ0n) is 10.0. The molecule has 0 aromatic rings. The first-order valence-electron chi connectivity index (χ1n) is 6.48. The van der Waals surface area contributed by atoms with Crippen molar-refractivity contribution in [3.63, 3.8) is 0 Å². The number of rotatable bonds is 4. The number of nitriles is 1. The van der Waals surface area contributed by atoms with Crippen molar-refractivity contribution in [2.45, 2.75) is 44.9 Å². The van der Waals surface area contributed by atoms with Crippen molar-refractivity contribution in [2.24, 2.45) is 11.8 Å². The molecule has 2 nitrogen and oxygen atoms in total. The van der Waals surface area contributed by atoms with Gasteiger partial charge in [-0.25, -0.2) is 0 Å². The third-order valence-electron chi connectivity index (χ3n) is 4.01. The van der Waals surface area contributed by atoms with Crippen LogP contribution in [0.2, 0.25) is 0 Å². The Kier molecular flexibility index (Phi) is 6.16. The second-order valence-electron chi connectivity index (χ2n) is 5.26. The normalized spacial score (nSPS) is 29.2. The maximum Gasteiger partial charge on any atom is 0.0621 e. The van der Waals surface area contributed by atoms with Crippen LogP contribution in [0.15, 0.2) is 0 Å². The van der Waals surface area contributed by atoms with E-state index < -0.39 is 0 Å². The standard InChI is InChI=1S/C13H22N2.ClH/c14-8-2-1-3-9-15-10-12-4-5-13(11-15)7-6-12;/h12-13H,1-7,9-11H2;1H. The number of halogens is 1. The SMILES string of the molecule is Cl.N#CCCCCN1CC2CCC(CC2)C1. The van der Waals surface area contributed by atoms with Gasteiger partial charge in [-0.05, 0) is 56.9 Å². The lowest BCUT2D eigenvalue weighted by Crippen LogP contribution is -2.29. The summed E-state index contributed by atoms with van der Waals surface area (Å²) in [7, 11) is 0. The van der Waals surface area contributed by atoms with E-state index in [1.807, 2.05) is 0 Å². The van der Waals surface area contributed by atoms with Crippen molar-refractivity contribution >= 4 is 12.4 Å². The van der Waals surface area contributed by atoms with Gasteiger partial charge in [-0.15, -0.1) is 12.4 Å². The average molecular weight is 243 g/mol. The summed E-state index contributed by atoms with van der Waals surface area (Å²) in [6, 6.07) is 2.23. The van der Waals surface area contributed by atoms with Gasteiger partial charge in [-0.1, -0.05) is 0 Å². The maximum atomic E-state index is 8.48. The third kappa shape index (κ3) is 3.96. The average Bonchev–Trinajstić information content (AvgIpc) is 2.57. The maximum absolute atomic E-state index is 8.48. The van der Waals surface area contributed by atoms with Crippen LogP contribution in [0.3, 0.4) is 0 Å². The first-order valence-corrected chi connectivity index (χ1v) is 6.48. The molecule has 0 aromatic heterocycles. The van der Waals surface area contributed by atoms with Gasteiger partial charge in [0.2, 0.25) is 0 Å². The molecule has 0 spiro atoms. The highest BCUT2D eigenvalue weighted by Gasteiger charge is 2.28. The molecule has 3 aliphatic rings. The Morgan fingerprint density at radius 2 is 1.56 bits per heavy atom. The lowest BCUT2D eigenvalue weighted by Gasteiger charge is -2.21. The molecular weight excluding hydrogens is 220 g/mol. The minimum Gasteiger partial charge on any atom is -0.303 e. The van der Waals surface area contributed by atoms with Gasteiger partial charge in [-0.3, -0.25) is 0 Å². The van der Waals surface area contributed by atoms with Gasteiger partial charge in [0.25, 0.3) is 0 Å². The Bertz CT molecular complexity index is 215. The number of unbranched alkanes of at least 4 members (excludes halogenated alkanes) is 2. The highest BCUT2D eigenvalue weighted by Crippen LogP contribution is 2.33. The van der Waals surface area contributed by atoms with E-state index in [1.165, 1.54) is 51.7 Å². The van der Waals surface area contributed by atoms with Gasteiger partial charge in [0, 0.05) is 19.5 Å². The Hall–Kier alpha value is -0.260. The van der Waals surface area contributed by atoms with E-state index in [2.05, 4.69) is 11.0 Å². The fourth-order valence-electron chi connectivity index (χ4n) is 3.12. The molecule has 3 rings (SSSR count). The van der Waals surface area contributed by atoms with Crippen LogP contribution < -0.4 is 0 Å². The summed E-state index contributed by atoms with van der Waals surface area (Å²) < 4.78 is 0. The van der Waals surface area contributed by atoms with E-state index in [0.29, 0.717) is 0 Å². The first kappa shape index (κ1) is 13.8. The molecule has 0 N–H and O–H groups in total. The molecule has 3 heteroatoms. The molecule has 1 saturated carbocycles. The molecule has 2 aliphatic heterocycles. The van der Waals surface area contributed by atoms with Gasteiger partial charge in [0.15, 0.2) is 0 Å². The molecule has 0 atom stereocenters. The molecule has 3 fully saturated rings. The van der Waals surface area contributed by atoms with E-state index in [4.69, 9.17) is 5.26 Å². The topological polar surface area (TPSA) is 27.0 Å². The Morgan fingerprint density at radius 3 is 2.06 bits per heavy atom. The zero-order chi connectivity index (χ0) is 10.5. The van der Waals surface area contributed by atoms with Crippen LogP contribution in [-0.2, 0) is 0 Å². The van der Waals surface area contributed by atoms with Crippen LogP contribution in [0.1, 0.15) is 44.9 Å². The number of nitrogens with zero attached hydrogens (tertiary/aromatic N) is 2. The number of fused-ring (bicyclic) bond motifs is 4. The van der Waals surface area contributed by atoms with Gasteiger partial charge in [0.1, 0.15) is 0 Å². The predicted octanol–water partition coefficient (Wildman–Crippen LogP) is 3.22. The van der Waals surface area contributed by atoms with Crippen LogP contribution >= 0.6 is 12.4 Å². The molecule has 1 aliphatic carbocycles. The summed E-state index contributed by atoms with van der Waals surface area (Å²) in [6.45, 7) is 3.90. The van der Waals surface area contributed by atoms with Crippen molar-refractivity contribution in [3.05, 3.63) is 0 Å². The summed E-state index contributed by atoms with van der Waals surface area (Å²) in [5.74, 6) is 1.97. The summed E-state index contributed by atoms with van der Waals surface area (Å²) >= 11 is 0. The number of hydrogen-bond donors (Lipinski definition) is 0. The Labute approximate surface area is 105 Å². The molecule has 0 radical (unpaired) electrons. The van der Waals surface area contributed by atoms with Crippen LogP contribution in [0.25, 0.3) is 0 Å². The summed E-state index contributed by atoms with van der Waals surface area (Å²) in [4.78, 5) is 2.66. The smallest absolute Gasteiger partial charge is 0.0621 e. The molecule has 2 bridgehead atoms. The quantitative estimate of drug-likeness (QED) is 0.708. The molecular formula is C13H23ClN2. The molecule has 0 amide bonds. The zero-order valence-corrected chi connectivity index (χ0v) is 10.8. The van der Waals surface area contributed by atoms with Gasteiger partial charge < -0.3 is 4.90 Å². The fourth-order valence-corrected chi connectivity index (χ4v) is 3.12. The minimum absolute atomic E-state index is 0. The Morgan fingerprint density at radius 1 is 1.00 bits per heavy atom. The van der Waals surface area contributed by atoms with E-state index in [0.717, 1.165) is 24.7 Å². The first-order chi connectivity index (χ1) is 7.38. The molecule has 2 heterocycles. The van der Waals surface area contributed by atoms with Crippen LogP contribution in [-0.4, -0.2) is 24.5 Å². The molecule has 0 aromatic carbocycles. The lowest BCUT2D eigenvalue weighted by atomic mass is 9.84. The van der Waals surface area contributed by atoms with Crippen molar-refractivity contribution in [1.29, 1.82) is 5.26 Å². The highest BCUT2D eigenvalue weighted by molar-refractivity contribution is 5.85. The second-order valence-corrected chi connectivity index (χ2v) is 5.26. The largest absolute Gasteiger partial charge is 0.303 e. The Balaban J connectivity index is 0.00000128. The molecule has 2 saturated heterocycles. The van der Waals surface area contributed by atoms with Crippen LogP contribution in [0, 0.1) is 23.2 Å². The minimum atomic E-state index is 0. The van der Waals surface area contributed by atoms with Gasteiger partial charge in [-0.2, -0.15) is 5.26 Å². The van der Waals surface area contributed by atoms with Gasteiger partial charge >= 0.3 is 0 Å². The van der Waals surface area contributed by atoms with Crippen LogP contribution in [0.4, 0.5) is 0 Å². The summed E-state index contributed by atoms with van der Waals surface area (Å²) in [5, 5.41) is 8.48. The van der Waals surface area contributed by atoms with Crippen LogP contribution in [0.5, 0.6) is 0 Å². The third-order valence-corrected chi connectivity index (χ3v) is 4.01. The van der Waals surface area contributed by atoms with E-state index >= 15 is 0 Å². The van der Waals surface area contributed by atoms with E-state index in [9.17, 15) is 0 Å². The fraction of sp³-hybridized carbons (Fsp3) is 0.923. The highest BCUT2D eigenvalue weighted by atomic mass is 35.5. The summed E-state index contributed by atoms with van der Waals surface area (Å²) in [5.41, 5.74) is 0. The molecule has 92 valence electrons. The summed E-state index contributed by atoms with van der Waals surface area (Å²) in [6.07, 6.45) is 8.92. The van der Waals surface area contributed by atoms with E-state index in [1.54, 1.807) is 0 Å². The van der Waals surface area contributed by atoms with Crippen molar-refractivity contribution < 1.29 is 0 Å². The van der Waals surface area contributed by atoms with Gasteiger partial charge in [0.05, 0.1) is 6.07 Å². The molecule has 16 heavy (non-hydrogen) atoms. The lowest BCUT2D eigenvalue weighted by molar-refractivity contribution is 0.248. The second kappa shape index (κ2) is 7.14. The van der Waals surface area contributed by atoms with Crippen molar-refractivity contribution in [2.75, 3.05) is 19.6 Å². The van der Waals surface area contributed by atoms with E-state index in [-0.39, 0.29) is 12.4 Å². The van der Waals surface area contributed by atoms with Crippen molar-refractivity contribution in [3.8, 4) is 6.07 Å². The predicted molar refractivity (Wildman–Crippen MR) is 68.6 cm³/mol. The van der Waals surface area contributed by atoms with Crippen molar-refractivity contribution in [1.82, 2.24) is 4.90 Å². The monoisotopic (exact) mass is 242 g/mol. The number of hydrogen-bond acceptors (Lipinski definition) is 2.